The lowest BCUT2D eigenvalue weighted by molar-refractivity contribution is 0.0175. The van der Waals surface area contributed by atoms with Crippen LogP contribution in [0.2, 0.25) is 0 Å². The van der Waals surface area contributed by atoms with Gasteiger partial charge in [0.25, 0.3) is 0 Å². The predicted octanol–water partition coefficient (Wildman–Crippen LogP) is 4.64. The molecule has 0 bridgehead atoms. The second kappa shape index (κ2) is 8.39. The first kappa shape index (κ1) is 20.0. The number of ether oxygens (including phenoxy) is 2. The molecule has 26 heavy (non-hydrogen) atoms. The van der Waals surface area contributed by atoms with Crippen LogP contribution in [0.25, 0.3) is 0 Å². The summed E-state index contributed by atoms with van der Waals surface area (Å²) in [5, 5.41) is 0. The lowest BCUT2D eigenvalue weighted by atomic mass is 9.85. The minimum Gasteiger partial charge on any atom is -0.484 e. The highest BCUT2D eigenvalue weighted by atomic mass is 16.6. The lowest BCUT2D eigenvalue weighted by Crippen LogP contribution is -2.58. The van der Waals surface area contributed by atoms with Gasteiger partial charge in [0.1, 0.15) is 12.8 Å². The number of benzene rings is 1. The number of aliphatic imine (C=N–C) groups is 1. The van der Waals surface area contributed by atoms with Crippen LogP contribution in [0.4, 0.5) is 4.79 Å². The Morgan fingerprint density at radius 2 is 1.96 bits per heavy atom. The molecular formula is C21H30N2O3. The normalized spacial score (nSPS) is 23.2. The summed E-state index contributed by atoms with van der Waals surface area (Å²) < 4.78 is 11.1. The highest BCUT2D eigenvalue weighted by Gasteiger charge is 2.45. The monoisotopic (exact) mass is 358 g/mol. The van der Waals surface area contributed by atoms with Crippen LogP contribution in [0.15, 0.2) is 48.0 Å². The van der Waals surface area contributed by atoms with Crippen molar-refractivity contribution in [2.75, 3.05) is 7.11 Å². The number of amides is 1. The maximum Gasteiger partial charge on any atom is 0.412 e. The zero-order valence-electron chi connectivity index (χ0n) is 16.4. The van der Waals surface area contributed by atoms with Gasteiger partial charge in [0.05, 0.1) is 13.0 Å². The van der Waals surface area contributed by atoms with Crippen molar-refractivity contribution in [2.45, 2.75) is 52.9 Å². The number of methoxy groups -OCH3 is 1. The fourth-order valence-corrected chi connectivity index (χ4v) is 3.25. The number of nitrogens with zero attached hydrogens (tertiary/aromatic N) is 2. The second-order valence-electron chi connectivity index (χ2n) is 7.73. The first-order valence-electron chi connectivity index (χ1n) is 9.01. The predicted molar refractivity (Wildman–Crippen MR) is 104 cm³/mol. The minimum absolute atomic E-state index is 0.0274. The van der Waals surface area contributed by atoms with E-state index in [1.54, 1.807) is 12.0 Å². The molecule has 0 saturated heterocycles. The van der Waals surface area contributed by atoms with Crippen LogP contribution in [0.1, 0.15) is 39.7 Å². The summed E-state index contributed by atoms with van der Waals surface area (Å²) in [5.74, 6) is 0.643. The quantitative estimate of drug-likeness (QED) is 0.737. The van der Waals surface area contributed by atoms with E-state index in [9.17, 15) is 4.79 Å². The molecule has 1 aromatic rings. The molecule has 1 amide bonds. The number of hydrogen-bond acceptors (Lipinski definition) is 4. The van der Waals surface area contributed by atoms with E-state index < -0.39 is 0 Å². The number of hydrogen-bond donors (Lipinski definition) is 0. The Morgan fingerprint density at radius 3 is 2.50 bits per heavy atom. The van der Waals surface area contributed by atoms with Gasteiger partial charge < -0.3 is 9.47 Å². The molecule has 0 radical (unpaired) electrons. The molecule has 0 aromatic heterocycles. The van der Waals surface area contributed by atoms with Crippen molar-refractivity contribution in [1.29, 1.82) is 0 Å². The van der Waals surface area contributed by atoms with Gasteiger partial charge in [-0.05, 0) is 18.9 Å². The Kier molecular flexibility index (Phi) is 6.46. The van der Waals surface area contributed by atoms with Crippen LogP contribution < -0.4 is 0 Å². The van der Waals surface area contributed by atoms with Crippen molar-refractivity contribution in [3.05, 3.63) is 48.6 Å². The summed E-state index contributed by atoms with van der Waals surface area (Å²) in [6, 6.07) is 9.58. The molecule has 0 saturated carbocycles. The molecule has 1 aromatic carbocycles. The average molecular weight is 358 g/mol. The van der Waals surface area contributed by atoms with Gasteiger partial charge in [-0.15, -0.1) is 6.58 Å². The van der Waals surface area contributed by atoms with Crippen LogP contribution in [-0.4, -0.2) is 36.2 Å². The summed E-state index contributed by atoms with van der Waals surface area (Å²) >= 11 is 0. The maximum absolute atomic E-state index is 13.0. The Balaban J connectivity index is 2.27. The Morgan fingerprint density at radius 1 is 1.31 bits per heavy atom. The molecule has 0 fully saturated rings. The smallest absolute Gasteiger partial charge is 0.412 e. The molecule has 5 heteroatoms. The van der Waals surface area contributed by atoms with E-state index in [1.165, 1.54) is 0 Å². The zero-order chi connectivity index (χ0) is 19.3. The third-order valence-corrected chi connectivity index (χ3v) is 4.67. The molecule has 142 valence electrons. The number of allylic oxidation sites excluding steroid dienone is 1. The van der Waals surface area contributed by atoms with E-state index >= 15 is 0 Å². The van der Waals surface area contributed by atoms with Crippen LogP contribution in [0.5, 0.6) is 0 Å². The molecular weight excluding hydrogens is 328 g/mol. The topological polar surface area (TPSA) is 51.1 Å². The van der Waals surface area contributed by atoms with Gasteiger partial charge in [-0.1, -0.05) is 57.2 Å². The van der Waals surface area contributed by atoms with E-state index in [0.29, 0.717) is 12.3 Å². The fourth-order valence-electron chi connectivity index (χ4n) is 3.25. The summed E-state index contributed by atoms with van der Waals surface area (Å²) in [6.07, 6.45) is 1.82. The zero-order valence-corrected chi connectivity index (χ0v) is 16.4. The van der Waals surface area contributed by atoms with Gasteiger partial charge in [0, 0.05) is 11.5 Å². The molecule has 1 aliphatic rings. The molecule has 1 heterocycles. The van der Waals surface area contributed by atoms with Gasteiger partial charge in [-0.2, -0.15) is 0 Å². The van der Waals surface area contributed by atoms with Crippen LogP contribution in [0.3, 0.4) is 0 Å². The second-order valence-corrected chi connectivity index (χ2v) is 7.73. The molecule has 1 aliphatic heterocycles. The largest absolute Gasteiger partial charge is 0.484 e. The summed E-state index contributed by atoms with van der Waals surface area (Å²) in [4.78, 5) is 19.5. The molecule has 5 nitrogen and oxygen atoms in total. The standard InChI is InChI=1S/C21H30N2O3/c1-7-11-17-15(2)23(19(21(3,4)5)22-18(17)25-6)20(24)26-14-16-12-9-8-10-13-16/h7-10,12-13,15,17,19H,1,11,14H2,2-6H3/t15-,17-,19+/m0/s1. The maximum atomic E-state index is 13.0. The first-order chi connectivity index (χ1) is 12.3. The number of carbonyl (C=O) groups excluding carboxylic acids is 1. The van der Waals surface area contributed by atoms with Gasteiger partial charge in [-0.3, -0.25) is 4.90 Å². The molecule has 0 aliphatic carbocycles. The van der Waals surface area contributed by atoms with Crippen LogP contribution in [-0.2, 0) is 16.1 Å². The molecule has 3 atom stereocenters. The van der Waals surface area contributed by atoms with Crippen molar-refractivity contribution >= 4 is 12.0 Å². The Hall–Kier alpha value is -2.30. The van der Waals surface area contributed by atoms with Gasteiger partial charge in [0.2, 0.25) is 0 Å². The number of rotatable bonds is 4. The fraction of sp³-hybridized carbons (Fsp3) is 0.524. The third kappa shape index (κ3) is 4.45. The highest BCUT2D eigenvalue weighted by Crippen LogP contribution is 2.35. The molecule has 0 unspecified atom stereocenters. The molecule has 2 rings (SSSR count). The van der Waals surface area contributed by atoms with Crippen molar-refractivity contribution in [1.82, 2.24) is 4.90 Å². The van der Waals surface area contributed by atoms with E-state index in [2.05, 4.69) is 27.4 Å². The average Bonchev–Trinajstić information content (AvgIpc) is 2.61. The Bertz CT molecular complexity index is 649. The van der Waals surface area contributed by atoms with Crippen molar-refractivity contribution in [2.24, 2.45) is 16.3 Å². The van der Waals surface area contributed by atoms with Gasteiger partial charge in [0.15, 0.2) is 5.90 Å². The van der Waals surface area contributed by atoms with Gasteiger partial charge >= 0.3 is 6.09 Å². The van der Waals surface area contributed by atoms with E-state index in [0.717, 1.165) is 5.56 Å². The lowest BCUT2D eigenvalue weighted by Gasteiger charge is -2.46. The van der Waals surface area contributed by atoms with E-state index in [4.69, 9.17) is 14.5 Å². The van der Waals surface area contributed by atoms with Gasteiger partial charge in [-0.25, -0.2) is 9.79 Å². The van der Waals surface area contributed by atoms with Crippen molar-refractivity contribution < 1.29 is 14.3 Å². The van der Waals surface area contributed by atoms with E-state index in [1.807, 2.05) is 43.3 Å². The summed E-state index contributed by atoms with van der Waals surface area (Å²) in [5.41, 5.74) is 0.713. The number of carbonyl (C=O) groups is 1. The molecule has 0 N–H and O–H groups in total. The Labute approximate surface area is 156 Å². The van der Waals surface area contributed by atoms with Crippen molar-refractivity contribution in [3.63, 3.8) is 0 Å². The third-order valence-electron chi connectivity index (χ3n) is 4.67. The van der Waals surface area contributed by atoms with Crippen molar-refractivity contribution in [3.8, 4) is 0 Å². The molecule has 0 spiro atoms. The minimum atomic E-state index is -0.353. The summed E-state index contributed by atoms with van der Waals surface area (Å²) in [7, 11) is 1.63. The first-order valence-corrected chi connectivity index (χ1v) is 9.01. The van der Waals surface area contributed by atoms with Crippen LogP contribution >= 0.6 is 0 Å². The summed E-state index contributed by atoms with van der Waals surface area (Å²) in [6.45, 7) is 12.3. The van der Waals surface area contributed by atoms with E-state index in [-0.39, 0.29) is 36.2 Å². The SMILES string of the molecule is C=CC[C@@H]1C(OC)=N[C@@H](C(C)(C)C)N(C(=O)OCc2ccccc2)[C@H]1C. The highest BCUT2D eigenvalue weighted by molar-refractivity contribution is 5.82. The van der Waals surface area contributed by atoms with Crippen LogP contribution in [0, 0.1) is 11.3 Å².